The molecule has 0 heterocycles. The van der Waals surface area contributed by atoms with Crippen LogP contribution in [-0.4, -0.2) is 23.0 Å². The molecule has 0 bridgehead atoms. The molecule has 0 fully saturated rings. The summed E-state index contributed by atoms with van der Waals surface area (Å²) in [6.45, 7) is 1.73. The molecule has 0 aliphatic rings. The Balaban J connectivity index is 1.27. The van der Waals surface area contributed by atoms with Crippen LogP contribution in [0.5, 0.6) is 0 Å². The summed E-state index contributed by atoms with van der Waals surface area (Å²) < 4.78 is 14.7. The molecule has 0 aliphatic heterocycles. The first-order valence-corrected chi connectivity index (χ1v) is 16.0. The van der Waals surface area contributed by atoms with E-state index in [0.717, 1.165) is 21.6 Å². The number of halogens is 2. The van der Waals surface area contributed by atoms with E-state index in [1.807, 2.05) is 60.7 Å². The highest BCUT2D eigenvalue weighted by atomic mass is 79.9. The molecule has 0 aliphatic carbocycles. The quantitative estimate of drug-likeness (QED) is 0.101. The molecule has 0 saturated carbocycles. The Kier molecular flexibility index (Phi) is 10.8. The number of hydrogen-bond donors (Lipinski definition) is 3. The zero-order chi connectivity index (χ0) is 32.5. The predicted octanol–water partition coefficient (Wildman–Crippen LogP) is 8.78. The molecule has 0 radical (unpaired) electrons. The van der Waals surface area contributed by atoms with Gasteiger partial charge in [0.15, 0.2) is 0 Å². The molecule has 0 aromatic heterocycles. The highest BCUT2D eigenvalue weighted by Crippen LogP contribution is 2.27. The van der Waals surface area contributed by atoms with Gasteiger partial charge in [0.25, 0.3) is 11.8 Å². The maximum Gasteiger partial charge on any atom is 0.272 e. The lowest BCUT2D eigenvalue weighted by Crippen LogP contribution is -2.30. The summed E-state index contributed by atoms with van der Waals surface area (Å²) in [7, 11) is 0. The number of amides is 3. The summed E-state index contributed by atoms with van der Waals surface area (Å²) >= 11 is 4.50. The first kappa shape index (κ1) is 32.4. The van der Waals surface area contributed by atoms with Crippen molar-refractivity contribution in [3.63, 3.8) is 0 Å². The van der Waals surface area contributed by atoms with E-state index in [1.54, 1.807) is 67.6 Å². The monoisotopic (exact) mass is 693 g/mol. The average Bonchev–Trinajstić information content (AvgIpc) is 3.07. The minimum Gasteiger partial charge on any atom is -0.323 e. The molecule has 1 atom stereocenters. The van der Waals surface area contributed by atoms with Crippen LogP contribution in [0.25, 0.3) is 17.2 Å². The molecule has 230 valence electrons. The summed E-state index contributed by atoms with van der Waals surface area (Å²) in [4.78, 5) is 39.9. The molecule has 5 aromatic rings. The number of carbonyl (C=O) groups is 3. The van der Waals surface area contributed by atoms with E-state index in [2.05, 4.69) is 31.9 Å². The second kappa shape index (κ2) is 15.3. The second-order valence-electron chi connectivity index (χ2n) is 10.2. The topological polar surface area (TPSA) is 87.3 Å². The van der Waals surface area contributed by atoms with Crippen molar-refractivity contribution in [1.29, 1.82) is 0 Å². The van der Waals surface area contributed by atoms with E-state index < -0.39 is 22.9 Å². The van der Waals surface area contributed by atoms with Crippen LogP contribution in [0, 0.1) is 5.82 Å². The van der Waals surface area contributed by atoms with Gasteiger partial charge in [-0.3, -0.25) is 14.4 Å². The van der Waals surface area contributed by atoms with Gasteiger partial charge in [-0.25, -0.2) is 4.39 Å². The first-order valence-electron chi connectivity index (χ1n) is 14.3. The number of anilines is 2. The minimum absolute atomic E-state index is 0.0743. The van der Waals surface area contributed by atoms with Crippen LogP contribution in [0.2, 0.25) is 0 Å². The van der Waals surface area contributed by atoms with Crippen molar-refractivity contribution < 1.29 is 18.8 Å². The lowest BCUT2D eigenvalue weighted by atomic mass is 10.0. The Morgan fingerprint density at radius 1 is 0.761 bits per heavy atom. The summed E-state index contributed by atoms with van der Waals surface area (Å²) in [6.07, 6.45) is 1.63. The summed E-state index contributed by atoms with van der Waals surface area (Å²) in [6, 6.07) is 37.7. The first-order chi connectivity index (χ1) is 22.2. The van der Waals surface area contributed by atoms with Gasteiger partial charge >= 0.3 is 0 Å². The van der Waals surface area contributed by atoms with Gasteiger partial charge in [-0.2, -0.15) is 0 Å². The van der Waals surface area contributed by atoms with Crippen molar-refractivity contribution in [2.24, 2.45) is 0 Å². The molecular formula is C37H29BrFN3O3S. The Hall–Kier alpha value is -4.99. The van der Waals surface area contributed by atoms with Crippen LogP contribution < -0.4 is 16.0 Å². The fourth-order valence-corrected chi connectivity index (χ4v) is 5.61. The van der Waals surface area contributed by atoms with E-state index in [-0.39, 0.29) is 17.3 Å². The van der Waals surface area contributed by atoms with Gasteiger partial charge in [-0.15, -0.1) is 11.8 Å². The summed E-state index contributed by atoms with van der Waals surface area (Å²) in [5, 5.41) is 7.70. The molecule has 0 spiro atoms. The zero-order valence-electron chi connectivity index (χ0n) is 24.7. The second-order valence-corrected chi connectivity index (χ2v) is 12.5. The van der Waals surface area contributed by atoms with Crippen molar-refractivity contribution in [3.05, 3.63) is 155 Å². The number of carbonyl (C=O) groups excluding carboxylic acids is 3. The SMILES string of the molecule is CC(Sc1ccc(NC(=O)/C(=C/c2ccc(-c3ccccc3)cc2)NC(=O)c2ccccc2)cc1)C(=O)Nc1ccc(Br)cc1F. The summed E-state index contributed by atoms with van der Waals surface area (Å²) in [5.41, 5.74) is 3.94. The highest BCUT2D eigenvalue weighted by molar-refractivity contribution is 9.10. The average molecular weight is 695 g/mol. The third-order valence-electron chi connectivity index (χ3n) is 6.84. The molecule has 5 aromatic carbocycles. The van der Waals surface area contributed by atoms with E-state index in [0.29, 0.717) is 15.7 Å². The number of benzene rings is 5. The Labute approximate surface area is 279 Å². The van der Waals surface area contributed by atoms with Crippen molar-refractivity contribution in [2.75, 3.05) is 10.6 Å². The van der Waals surface area contributed by atoms with Gasteiger partial charge in [-0.1, -0.05) is 88.7 Å². The molecule has 3 N–H and O–H groups in total. The highest BCUT2D eigenvalue weighted by Gasteiger charge is 2.18. The van der Waals surface area contributed by atoms with Gasteiger partial charge < -0.3 is 16.0 Å². The summed E-state index contributed by atoms with van der Waals surface area (Å²) in [5.74, 6) is -1.78. The standard InChI is InChI=1S/C37H29BrFN3O3S/c1-24(35(43)41-33-21-16-29(38)23-32(33)39)46-31-19-17-30(18-20-31)40-37(45)34(42-36(44)28-10-6-3-7-11-28)22-25-12-14-27(15-13-25)26-8-4-2-5-9-26/h2-24H,1H3,(H,40,45)(H,41,43)(H,42,44)/b34-22-. The van der Waals surface area contributed by atoms with E-state index in [9.17, 15) is 18.8 Å². The molecular weight excluding hydrogens is 665 g/mol. The lowest BCUT2D eigenvalue weighted by Gasteiger charge is -2.14. The lowest BCUT2D eigenvalue weighted by molar-refractivity contribution is -0.115. The zero-order valence-corrected chi connectivity index (χ0v) is 27.1. The van der Waals surface area contributed by atoms with Crippen molar-refractivity contribution in [3.8, 4) is 11.1 Å². The Morgan fingerprint density at radius 2 is 1.39 bits per heavy atom. The van der Waals surface area contributed by atoms with E-state index in [1.165, 1.54) is 23.9 Å². The Morgan fingerprint density at radius 3 is 2.04 bits per heavy atom. The van der Waals surface area contributed by atoms with Crippen LogP contribution in [0.1, 0.15) is 22.8 Å². The van der Waals surface area contributed by atoms with Gasteiger partial charge in [0.1, 0.15) is 11.5 Å². The van der Waals surface area contributed by atoms with Gasteiger partial charge in [0.05, 0.1) is 10.9 Å². The van der Waals surface area contributed by atoms with E-state index in [4.69, 9.17) is 0 Å². The van der Waals surface area contributed by atoms with Crippen LogP contribution in [0.4, 0.5) is 15.8 Å². The number of hydrogen-bond acceptors (Lipinski definition) is 4. The number of thioether (sulfide) groups is 1. The maximum absolute atomic E-state index is 14.2. The van der Waals surface area contributed by atoms with Crippen molar-refractivity contribution in [1.82, 2.24) is 5.32 Å². The Bertz CT molecular complexity index is 1870. The predicted molar refractivity (Wildman–Crippen MR) is 187 cm³/mol. The minimum atomic E-state index is -0.530. The van der Waals surface area contributed by atoms with Crippen LogP contribution in [0.15, 0.2) is 142 Å². The largest absolute Gasteiger partial charge is 0.323 e. The molecule has 0 saturated heterocycles. The number of rotatable bonds is 10. The molecule has 6 nitrogen and oxygen atoms in total. The van der Waals surface area contributed by atoms with Crippen molar-refractivity contribution in [2.45, 2.75) is 17.1 Å². The van der Waals surface area contributed by atoms with Gasteiger partial charge in [-0.05, 0) is 84.3 Å². The molecule has 3 amide bonds. The number of nitrogens with one attached hydrogen (secondary N) is 3. The fraction of sp³-hybridized carbons (Fsp3) is 0.0541. The smallest absolute Gasteiger partial charge is 0.272 e. The van der Waals surface area contributed by atoms with Crippen LogP contribution in [0.3, 0.4) is 0 Å². The molecule has 1 unspecified atom stereocenters. The third kappa shape index (κ3) is 8.80. The molecule has 46 heavy (non-hydrogen) atoms. The fourth-order valence-electron chi connectivity index (χ4n) is 4.41. The van der Waals surface area contributed by atoms with Gasteiger partial charge in [0, 0.05) is 20.6 Å². The molecule has 5 rings (SSSR count). The van der Waals surface area contributed by atoms with E-state index >= 15 is 0 Å². The maximum atomic E-state index is 14.2. The van der Waals surface area contributed by atoms with Gasteiger partial charge in [0.2, 0.25) is 5.91 Å². The third-order valence-corrected chi connectivity index (χ3v) is 8.45. The van der Waals surface area contributed by atoms with Crippen molar-refractivity contribution >= 4 is 62.9 Å². The van der Waals surface area contributed by atoms with Crippen LogP contribution >= 0.6 is 27.7 Å². The molecule has 9 heteroatoms. The normalized spacial score (nSPS) is 11.8. The van der Waals surface area contributed by atoms with Crippen LogP contribution in [-0.2, 0) is 9.59 Å².